The SMILES string of the molecule is CN(C)c1ccc(N2CCN(CC3CCCCO3)CC2)nn1. The summed E-state index contributed by atoms with van der Waals surface area (Å²) in [5.74, 6) is 1.89. The van der Waals surface area contributed by atoms with Gasteiger partial charge >= 0.3 is 0 Å². The summed E-state index contributed by atoms with van der Waals surface area (Å²) in [6.07, 6.45) is 4.21. The lowest BCUT2D eigenvalue weighted by atomic mass is 10.1. The first-order chi connectivity index (χ1) is 10.7. The van der Waals surface area contributed by atoms with E-state index in [1.807, 2.05) is 25.1 Å². The zero-order valence-corrected chi connectivity index (χ0v) is 13.7. The van der Waals surface area contributed by atoms with Crippen LogP contribution in [0.4, 0.5) is 11.6 Å². The first kappa shape index (κ1) is 15.5. The minimum atomic E-state index is 0.444. The Morgan fingerprint density at radius 2 is 1.95 bits per heavy atom. The van der Waals surface area contributed by atoms with Gasteiger partial charge in [-0.3, -0.25) is 4.90 Å². The van der Waals surface area contributed by atoms with Crippen LogP contribution in [-0.4, -0.2) is 74.6 Å². The molecule has 0 amide bonds. The molecule has 0 spiro atoms. The number of ether oxygens (including phenoxy) is 1. The number of anilines is 2. The summed E-state index contributed by atoms with van der Waals surface area (Å²) in [7, 11) is 3.96. The Balaban J connectivity index is 1.48. The third-order valence-electron chi connectivity index (χ3n) is 4.53. The fraction of sp³-hybridized carbons (Fsp3) is 0.750. The Morgan fingerprint density at radius 3 is 2.55 bits per heavy atom. The van der Waals surface area contributed by atoms with Gasteiger partial charge in [-0.25, -0.2) is 0 Å². The summed E-state index contributed by atoms with van der Waals surface area (Å²) in [5.41, 5.74) is 0. The summed E-state index contributed by atoms with van der Waals surface area (Å²) < 4.78 is 5.85. The minimum Gasteiger partial charge on any atom is -0.377 e. The number of rotatable bonds is 4. The second-order valence-electron chi connectivity index (χ2n) is 6.42. The van der Waals surface area contributed by atoms with Crippen LogP contribution in [0.15, 0.2) is 12.1 Å². The summed E-state index contributed by atoms with van der Waals surface area (Å²) in [6.45, 7) is 6.22. The van der Waals surface area contributed by atoms with Gasteiger partial charge in [0.2, 0.25) is 0 Å². The van der Waals surface area contributed by atoms with E-state index in [0.717, 1.165) is 51.0 Å². The quantitative estimate of drug-likeness (QED) is 0.834. The van der Waals surface area contributed by atoms with Crippen molar-refractivity contribution < 1.29 is 4.74 Å². The number of piperazine rings is 1. The lowest BCUT2D eigenvalue weighted by molar-refractivity contribution is -0.00647. The molecule has 0 aromatic carbocycles. The van der Waals surface area contributed by atoms with Crippen LogP contribution in [0.1, 0.15) is 19.3 Å². The highest BCUT2D eigenvalue weighted by Crippen LogP contribution is 2.18. The van der Waals surface area contributed by atoms with Crippen LogP contribution in [0.25, 0.3) is 0 Å². The number of hydrogen-bond donors (Lipinski definition) is 0. The van der Waals surface area contributed by atoms with Crippen molar-refractivity contribution in [2.45, 2.75) is 25.4 Å². The van der Waals surface area contributed by atoms with E-state index in [4.69, 9.17) is 4.74 Å². The average Bonchev–Trinajstić information content (AvgIpc) is 2.57. The molecule has 6 nitrogen and oxygen atoms in total. The summed E-state index contributed by atoms with van der Waals surface area (Å²) in [4.78, 5) is 6.82. The number of aromatic nitrogens is 2. The normalized spacial score (nSPS) is 23.5. The molecule has 0 aliphatic carbocycles. The van der Waals surface area contributed by atoms with Crippen LogP contribution in [-0.2, 0) is 4.74 Å². The van der Waals surface area contributed by atoms with Crippen LogP contribution in [0.5, 0.6) is 0 Å². The zero-order chi connectivity index (χ0) is 15.4. The van der Waals surface area contributed by atoms with Crippen molar-refractivity contribution in [1.82, 2.24) is 15.1 Å². The zero-order valence-electron chi connectivity index (χ0n) is 13.7. The van der Waals surface area contributed by atoms with Crippen molar-refractivity contribution in [1.29, 1.82) is 0 Å². The largest absolute Gasteiger partial charge is 0.377 e. The molecule has 1 unspecified atom stereocenters. The predicted octanol–water partition coefficient (Wildman–Crippen LogP) is 1.23. The molecule has 3 heterocycles. The fourth-order valence-electron chi connectivity index (χ4n) is 3.12. The van der Waals surface area contributed by atoms with Gasteiger partial charge in [-0.1, -0.05) is 0 Å². The molecule has 1 atom stereocenters. The van der Waals surface area contributed by atoms with E-state index in [1.54, 1.807) is 0 Å². The van der Waals surface area contributed by atoms with Crippen LogP contribution >= 0.6 is 0 Å². The van der Waals surface area contributed by atoms with Gasteiger partial charge in [-0.05, 0) is 31.4 Å². The Labute approximate surface area is 133 Å². The van der Waals surface area contributed by atoms with Crippen molar-refractivity contribution >= 4 is 11.6 Å². The molecule has 6 heteroatoms. The van der Waals surface area contributed by atoms with Crippen LogP contribution in [0.3, 0.4) is 0 Å². The summed E-state index contributed by atoms with van der Waals surface area (Å²) in [6, 6.07) is 4.10. The first-order valence-electron chi connectivity index (χ1n) is 8.32. The molecule has 22 heavy (non-hydrogen) atoms. The van der Waals surface area contributed by atoms with Crippen molar-refractivity contribution in [2.24, 2.45) is 0 Å². The molecule has 1 aromatic rings. The van der Waals surface area contributed by atoms with Gasteiger partial charge in [0, 0.05) is 53.4 Å². The Bertz CT molecular complexity index is 450. The van der Waals surface area contributed by atoms with Gasteiger partial charge in [0.25, 0.3) is 0 Å². The first-order valence-corrected chi connectivity index (χ1v) is 8.32. The number of nitrogens with zero attached hydrogens (tertiary/aromatic N) is 5. The topological polar surface area (TPSA) is 44.7 Å². The molecule has 2 aliphatic rings. The molecular formula is C16H27N5O. The maximum atomic E-state index is 5.85. The van der Waals surface area contributed by atoms with Crippen LogP contribution < -0.4 is 9.80 Å². The van der Waals surface area contributed by atoms with Gasteiger partial charge in [-0.15, -0.1) is 10.2 Å². The molecule has 2 saturated heterocycles. The molecule has 3 rings (SSSR count). The van der Waals surface area contributed by atoms with Gasteiger partial charge in [0.05, 0.1) is 6.10 Å². The second kappa shape index (κ2) is 7.24. The second-order valence-corrected chi connectivity index (χ2v) is 6.42. The highest BCUT2D eigenvalue weighted by atomic mass is 16.5. The Hall–Kier alpha value is -1.40. The predicted molar refractivity (Wildman–Crippen MR) is 88.6 cm³/mol. The van der Waals surface area contributed by atoms with E-state index in [9.17, 15) is 0 Å². The van der Waals surface area contributed by atoms with E-state index >= 15 is 0 Å². The smallest absolute Gasteiger partial charge is 0.151 e. The molecule has 2 aliphatic heterocycles. The molecule has 0 N–H and O–H groups in total. The monoisotopic (exact) mass is 305 g/mol. The van der Waals surface area contributed by atoms with Gasteiger partial charge in [0.1, 0.15) is 0 Å². The summed E-state index contributed by atoms with van der Waals surface area (Å²) in [5, 5.41) is 8.62. The van der Waals surface area contributed by atoms with E-state index in [1.165, 1.54) is 19.3 Å². The highest BCUT2D eigenvalue weighted by molar-refractivity contribution is 5.44. The molecule has 122 valence electrons. The lowest BCUT2D eigenvalue weighted by Crippen LogP contribution is -2.49. The highest BCUT2D eigenvalue weighted by Gasteiger charge is 2.22. The van der Waals surface area contributed by atoms with Gasteiger partial charge < -0.3 is 14.5 Å². The van der Waals surface area contributed by atoms with E-state index < -0.39 is 0 Å². The molecule has 0 saturated carbocycles. The molecular weight excluding hydrogens is 278 g/mol. The Morgan fingerprint density at radius 1 is 1.14 bits per heavy atom. The Kier molecular flexibility index (Phi) is 5.10. The van der Waals surface area contributed by atoms with Crippen LogP contribution in [0, 0.1) is 0 Å². The molecule has 2 fully saturated rings. The maximum Gasteiger partial charge on any atom is 0.151 e. The lowest BCUT2D eigenvalue weighted by Gasteiger charge is -2.37. The fourth-order valence-corrected chi connectivity index (χ4v) is 3.12. The average molecular weight is 305 g/mol. The van der Waals surface area contributed by atoms with E-state index in [0.29, 0.717) is 6.10 Å². The van der Waals surface area contributed by atoms with Gasteiger partial charge in [0.15, 0.2) is 11.6 Å². The van der Waals surface area contributed by atoms with Crippen molar-refractivity contribution in [2.75, 3.05) is 63.2 Å². The molecule has 0 radical (unpaired) electrons. The van der Waals surface area contributed by atoms with E-state index in [-0.39, 0.29) is 0 Å². The van der Waals surface area contributed by atoms with Crippen molar-refractivity contribution in [3.63, 3.8) is 0 Å². The number of hydrogen-bond acceptors (Lipinski definition) is 6. The van der Waals surface area contributed by atoms with Gasteiger partial charge in [-0.2, -0.15) is 0 Å². The third kappa shape index (κ3) is 3.87. The summed E-state index contributed by atoms with van der Waals surface area (Å²) >= 11 is 0. The van der Waals surface area contributed by atoms with E-state index in [2.05, 4.69) is 26.1 Å². The van der Waals surface area contributed by atoms with Crippen molar-refractivity contribution in [3.05, 3.63) is 12.1 Å². The third-order valence-corrected chi connectivity index (χ3v) is 4.53. The van der Waals surface area contributed by atoms with Crippen LogP contribution in [0.2, 0.25) is 0 Å². The standard InChI is InChI=1S/C16H27N5O/c1-19(2)15-6-7-16(18-17-15)21-10-8-20(9-11-21)13-14-5-3-4-12-22-14/h6-7,14H,3-5,8-13H2,1-2H3. The minimum absolute atomic E-state index is 0.444. The maximum absolute atomic E-state index is 5.85. The molecule has 1 aromatic heterocycles. The molecule has 0 bridgehead atoms. The van der Waals surface area contributed by atoms with Crippen molar-refractivity contribution in [3.8, 4) is 0 Å².